The van der Waals surface area contributed by atoms with E-state index < -0.39 is 0 Å². The Morgan fingerprint density at radius 1 is 0.735 bits per heavy atom. The molecule has 244 valence electrons. The second-order valence-electron chi connectivity index (χ2n) is 13.1. The largest absolute Gasteiger partial charge is 2.00 e. The van der Waals surface area contributed by atoms with Crippen molar-refractivity contribution < 1.29 is 30.2 Å². The van der Waals surface area contributed by atoms with Crippen LogP contribution in [0.15, 0.2) is 124 Å². The number of pyridine rings is 2. The molecule has 0 saturated carbocycles. The van der Waals surface area contributed by atoms with Gasteiger partial charge >= 0.3 is 21.1 Å². The maximum absolute atomic E-state index is 6.57. The molecule has 7 aromatic rings. The van der Waals surface area contributed by atoms with Gasteiger partial charge in [0.25, 0.3) is 0 Å². The summed E-state index contributed by atoms with van der Waals surface area (Å²) in [5.41, 5.74) is 9.95. The summed E-state index contributed by atoms with van der Waals surface area (Å²) in [6, 6.07) is 39.6. The van der Waals surface area contributed by atoms with Crippen molar-refractivity contribution in [2.45, 2.75) is 49.8 Å². The number of hydrogen-bond donors (Lipinski definition) is 0. The second kappa shape index (κ2) is 13.0. The minimum absolute atomic E-state index is 0. The smallest absolute Gasteiger partial charge is 0.497 e. The number of rotatable bonds is 5. The van der Waals surface area contributed by atoms with Crippen LogP contribution in [0.2, 0.25) is 0 Å². The summed E-state index contributed by atoms with van der Waals surface area (Å²) in [4.78, 5) is 13.9. The SMILES string of the molecule is Cc1cccc(C)c1N1c2ccnc(-c3[c-]c(Oc4[c-]c(-c5cc(C(C)(C)C)ccn5)ccc4)ccc3)c2Sc2c1oc1ccccc21.[Pt+2]. The number of fused-ring (bicyclic) bond motifs is 4. The van der Waals surface area contributed by atoms with Crippen LogP contribution in [0.3, 0.4) is 0 Å². The van der Waals surface area contributed by atoms with Gasteiger partial charge in [0.1, 0.15) is 5.58 Å². The molecule has 1 aliphatic heterocycles. The van der Waals surface area contributed by atoms with Crippen LogP contribution in [0.25, 0.3) is 33.5 Å². The van der Waals surface area contributed by atoms with Crippen molar-refractivity contribution in [2.24, 2.45) is 0 Å². The number of aromatic nitrogens is 2. The monoisotopic (exact) mass is 838 g/mol. The molecule has 4 heterocycles. The standard InChI is InChI=1S/C42H33N3O2S.Pt/c1-26-11-8-12-27(2)38(26)45-35-20-22-44-37(40(35)48-39-33-17-6-7-18-36(33)47-41(39)45)29-14-10-16-32(24-29)46-31-15-9-13-28(23-31)34-25-30(19-21-43-34)42(3,4)5;/h6-22,25H,1-5H3;/q-2;+2. The van der Waals surface area contributed by atoms with Crippen molar-refractivity contribution in [1.29, 1.82) is 0 Å². The number of anilines is 3. The summed E-state index contributed by atoms with van der Waals surface area (Å²) in [7, 11) is 0. The average molecular weight is 839 g/mol. The third-order valence-electron chi connectivity index (χ3n) is 8.64. The Morgan fingerprint density at radius 2 is 1.41 bits per heavy atom. The van der Waals surface area contributed by atoms with Gasteiger partial charge in [-0.2, -0.15) is 0 Å². The van der Waals surface area contributed by atoms with Crippen LogP contribution >= 0.6 is 11.8 Å². The fourth-order valence-corrected chi connectivity index (χ4v) is 7.44. The number of hydrogen-bond acceptors (Lipinski definition) is 6. The van der Waals surface area contributed by atoms with Crippen molar-refractivity contribution in [3.8, 4) is 34.0 Å². The molecule has 0 unspecified atom stereocenters. The summed E-state index contributed by atoms with van der Waals surface area (Å²) < 4.78 is 12.9. The summed E-state index contributed by atoms with van der Waals surface area (Å²) >= 11 is 1.69. The van der Waals surface area contributed by atoms with E-state index in [9.17, 15) is 0 Å². The summed E-state index contributed by atoms with van der Waals surface area (Å²) in [5, 5.41) is 1.08. The first-order valence-corrected chi connectivity index (χ1v) is 16.8. The molecule has 0 atom stereocenters. The van der Waals surface area contributed by atoms with E-state index >= 15 is 0 Å². The fourth-order valence-electron chi connectivity index (χ4n) is 6.22. The topological polar surface area (TPSA) is 51.4 Å². The summed E-state index contributed by atoms with van der Waals surface area (Å²) in [6.45, 7) is 10.9. The van der Waals surface area contributed by atoms with Gasteiger partial charge in [0, 0.05) is 39.9 Å². The molecular weight excluding hydrogens is 806 g/mol. The predicted octanol–water partition coefficient (Wildman–Crippen LogP) is 11.8. The normalized spacial score (nSPS) is 12.3. The number of para-hydroxylation sites is 2. The van der Waals surface area contributed by atoms with Crippen LogP contribution in [0.5, 0.6) is 11.5 Å². The van der Waals surface area contributed by atoms with E-state index in [1.165, 1.54) is 16.7 Å². The molecule has 1 aliphatic rings. The zero-order valence-corrected chi connectivity index (χ0v) is 30.9. The number of ether oxygens (including phenoxy) is 1. The van der Waals surface area contributed by atoms with Gasteiger partial charge in [-0.25, -0.2) is 0 Å². The van der Waals surface area contributed by atoms with E-state index in [-0.39, 0.29) is 26.5 Å². The molecule has 7 heteroatoms. The van der Waals surface area contributed by atoms with Gasteiger partial charge in [0.05, 0.1) is 16.3 Å². The van der Waals surface area contributed by atoms with Crippen LogP contribution in [-0.2, 0) is 26.5 Å². The minimum Gasteiger partial charge on any atom is -0.497 e. The zero-order chi connectivity index (χ0) is 33.0. The predicted molar refractivity (Wildman–Crippen MR) is 194 cm³/mol. The first-order valence-electron chi connectivity index (χ1n) is 16.0. The van der Waals surface area contributed by atoms with E-state index in [2.05, 4.69) is 105 Å². The van der Waals surface area contributed by atoms with Crippen LogP contribution in [-0.4, -0.2) is 9.97 Å². The Bertz CT molecular complexity index is 2320. The molecule has 3 aromatic heterocycles. The Hall–Kier alpha value is -4.64. The quantitative estimate of drug-likeness (QED) is 0.161. The molecule has 0 saturated heterocycles. The van der Waals surface area contributed by atoms with Gasteiger partial charge in [-0.1, -0.05) is 81.1 Å². The van der Waals surface area contributed by atoms with Gasteiger partial charge in [-0.05, 0) is 65.9 Å². The number of furan rings is 1. The first kappa shape index (κ1) is 32.9. The van der Waals surface area contributed by atoms with Crippen molar-refractivity contribution >= 4 is 40.0 Å². The molecule has 0 fully saturated rings. The van der Waals surface area contributed by atoms with Gasteiger partial charge in [-0.15, -0.1) is 47.5 Å². The number of nitrogens with zero attached hydrogens (tertiary/aromatic N) is 3. The van der Waals surface area contributed by atoms with Crippen molar-refractivity contribution in [2.75, 3.05) is 4.90 Å². The molecule has 5 nitrogen and oxygen atoms in total. The van der Waals surface area contributed by atoms with Crippen LogP contribution in [0, 0.1) is 26.0 Å². The van der Waals surface area contributed by atoms with Gasteiger partial charge < -0.3 is 19.1 Å². The Morgan fingerprint density at radius 3 is 2.16 bits per heavy atom. The molecule has 0 amide bonds. The summed E-state index contributed by atoms with van der Waals surface area (Å²) in [6.07, 6.45) is 3.72. The van der Waals surface area contributed by atoms with E-state index in [1.54, 1.807) is 11.8 Å². The van der Waals surface area contributed by atoms with Crippen molar-refractivity contribution in [3.05, 3.63) is 138 Å². The molecule has 8 rings (SSSR count). The number of aryl methyl sites for hydroxylation is 2. The third kappa shape index (κ3) is 6.09. The van der Waals surface area contributed by atoms with Crippen molar-refractivity contribution in [3.63, 3.8) is 0 Å². The third-order valence-corrected chi connectivity index (χ3v) is 9.85. The Kier molecular flexibility index (Phi) is 8.72. The van der Waals surface area contributed by atoms with E-state index in [1.807, 2.05) is 60.9 Å². The van der Waals surface area contributed by atoms with Gasteiger partial charge in [-0.3, -0.25) is 4.90 Å². The fraction of sp³-hybridized carbons (Fsp3) is 0.143. The maximum Gasteiger partial charge on any atom is 2.00 e. The van der Waals surface area contributed by atoms with Crippen LogP contribution in [0.4, 0.5) is 17.3 Å². The Labute approximate surface area is 305 Å². The first-order chi connectivity index (χ1) is 23.2. The zero-order valence-electron chi connectivity index (χ0n) is 27.8. The molecule has 4 aromatic carbocycles. The van der Waals surface area contributed by atoms with E-state index in [0.29, 0.717) is 11.5 Å². The minimum atomic E-state index is 0. The molecule has 0 spiro atoms. The average Bonchev–Trinajstić information content (AvgIpc) is 3.46. The number of benzene rings is 4. The molecule has 0 radical (unpaired) electrons. The Balaban J connectivity index is 0.00000378. The van der Waals surface area contributed by atoms with Crippen molar-refractivity contribution in [1.82, 2.24) is 9.97 Å². The molecular formula is C42H33N3O2PtS. The van der Waals surface area contributed by atoms with Gasteiger partial charge in [0.15, 0.2) is 0 Å². The van der Waals surface area contributed by atoms with Gasteiger partial charge in [0.2, 0.25) is 5.88 Å². The second-order valence-corrected chi connectivity index (χ2v) is 14.1. The van der Waals surface area contributed by atoms with E-state index in [4.69, 9.17) is 14.1 Å². The molecule has 0 bridgehead atoms. The molecule has 0 N–H and O–H groups in total. The van der Waals surface area contributed by atoms with Crippen LogP contribution in [0.1, 0.15) is 37.5 Å². The van der Waals surface area contributed by atoms with Crippen LogP contribution < -0.4 is 9.64 Å². The molecule has 0 aliphatic carbocycles. The molecule has 49 heavy (non-hydrogen) atoms. The summed E-state index contributed by atoms with van der Waals surface area (Å²) in [5.74, 6) is 2.00. The maximum atomic E-state index is 6.57. The van der Waals surface area contributed by atoms with E-state index in [0.717, 1.165) is 60.5 Å².